The molecule has 1 aromatic carbocycles. The summed E-state index contributed by atoms with van der Waals surface area (Å²) in [6, 6.07) is 5.09. The Morgan fingerprint density at radius 2 is 1.67 bits per heavy atom. The van der Waals surface area contributed by atoms with Crippen molar-refractivity contribution in [3.8, 4) is 0 Å². The second-order valence-corrected chi connectivity index (χ2v) is 9.13. The molecule has 6 nitrogen and oxygen atoms in total. The van der Waals surface area contributed by atoms with Crippen LogP contribution in [0.25, 0.3) is 0 Å². The molecule has 0 amide bonds. The number of sulfonamides is 1. The molecule has 0 bridgehead atoms. The van der Waals surface area contributed by atoms with Crippen LogP contribution in [0.15, 0.2) is 34.1 Å². The lowest BCUT2D eigenvalue weighted by atomic mass is 10.1. The van der Waals surface area contributed by atoms with Crippen molar-refractivity contribution in [1.29, 1.82) is 0 Å². The standard InChI is InChI=1S/C13H20N2O4S2/c1-20(16,17)11-5-7-12(8-6-11)21(18,19)15-13-4-2-3-10(13)9-14/h5-8,10,13,15H,2-4,9,14H2,1H3. The lowest BCUT2D eigenvalue weighted by Crippen LogP contribution is -2.39. The summed E-state index contributed by atoms with van der Waals surface area (Å²) >= 11 is 0. The van der Waals surface area contributed by atoms with Gasteiger partial charge in [0, 0.05) is 12.3 Å². The molecule has 118 valence electrons. The minimum Gasteiger partial charge on any atom is -0.330 e. The first-order valence-corrected chi connectivity index (χ1v) is 10.1. The number of rotatable bonds is 5. The van der Waals surface area contributed by atoms with Gasteiger partial charge in [-0.3, -0.25) is 0 Å². The first kappa shape index (κ1) is 16.4. The van der Waals surface area contributed by atoms with Gasteiger partial charge in [-0.25, -0.2) is 21.6 Å². The van der Waals surface area contributed by atoms with E-state index >= 15 is 0 Å². The molecule has 0 spiro atoms. The number of hydrogen-bond donors (Lipinski definition) is 2. The number of nitrogens with two attached hydrogens (primary N) is 1. The third kappa shape index (κ3) is 3.82. The first-order chi connectivity index (χ1) is 9.74. The van der Waals surface area contributed by atoms with Crippen LogP contribution in [0.5, 0.6) is 0 Å². The van der Waals surface area contributed by atoms with E-state index in [0.29, 0.717) is 6.54 Å². The molecule has 21 heavy (non-hydrogen) atoms. The van der Waals surface area contributed by atoms with Crippen molar-refractivity contribution in [3.05, 3.63) is 24.3 Å². The van der Waals surface area contributed by atoms with Gasteiger partial charge in [-0.15, -0.1) is 0 Å². The molecule has 0 heterocycles. The van der Waals surface area contributed by atoms with Crippen molar-refractivity contribution in [2.75, 3.05) is 12.8 Å². The molecule has 0 aromatic heterocycles. The third-order valence-corrected chi connectivity index (χ3v) is 6.46. The molecule has 2 rings (SSSR count). The van der Waals surface area contributed by atoms with Gasteiger partial charge in [-0.1, -0.05) is 6.42 Å². The fourth-order valence-electron chi connectivity index (χ4n) is 2.61. The van der Waals surface area contributed by atoms with Crippen LogP contribution in [-0.2, 0) is 19.9 Å². The summed E-state index contributed by atoms with van der Waals surface area (Å²) in [5, 5.41) is 0. The van der Waals surface area contributed by atoms with Crippen molar-refractivity contribution >= 4 is 19.9 Å². The van der Waals surface area contributed by atoms with Crippen LogP contribution in [-0.4, -0.2) is 35.7 Å². The van der Waals surface area contributed by atoms with Gasteiger partial charge in [-0.05, 0) is 49.6 Å². The molecule has 2 unspecified atom stereocenters. The zero-order valence-electron chi connectivity index (χ0n) is 11.8. The minimum atomic E-state index is -3.65. The number of benzene rings is 1. The van der Waals surface area contributed by atoms with Crippen LogP contribution in [0.3, 0.4) is 0 Å². The van der Waals surface area contributed by atoms with Crippen molar-refractivity contribution in [2.45, 2.75) is 35.1 Å². The fraction of sp³-hybridized carbons (Fsp3) is 0.538. The number of hydrogen-bond acceptors (Lipinski definition) is 5. The Bertz CT molecular complexity index is 696. The van der Waals surface area contributed by atoms with E-state index in [0.717, 1.165) is 25.5 Å². The molecule has 1 aliphatic carbocycles. The van der Waals surface area contributed by atoms with Gasteiger partial charge in [-0.2, -0.15) is 0 Å². The van der Waals surface area contributed by atoms with Crippen molar-refractivity contribution in [3.63, 3.8) is 0 Å². The topological polar surface area (TPSA) is 106 Å². The molecule has 1 aliphatic rings. The van der Waals surface area contributed by atoms with Crippen LogP contribution in [0.1, 0.15) is 19.3 Å². The van der Waals surface area contributed by atoms with Crippen molar-refractivity contribution < 1.29 is 16.8 Å². The van der Waals surface area contributed by atoms with Gasteiger partial charge >= 0.3 is 0 Å². The van der Waals surface area contributed by atoms with Gasteiger partial charge in [0.15, 0.2) is 9.84 Å². The zero-order chi connectivity index (χ0) is 15.7. The van der Waals surface area contributed by atoms with Crippen LogP contribution in [0.2, 0.25) is 0 Å². The lowest BCUT2D eigenvalue weighted by molar-refractivity contribution is 0.453. The largest absolute Gasteiger partial charge is 0.330 e. The van der Waals surface area contributed by atoms with E-state index in [2.05, 4.69) is 4.72 Å². The Morgan fingerprint density at radius 3 is 2.19 bits per heavy atom. The minimum absolute atomic E-state index is 0.0672. The molecule has 1 aromatic rings. The summed E-state index contributed by atoms with van der Waals surface area (Å²) < 4.78 is 50.0. The van der Waals surface area contributed by atoms with Crippen LogP contribution < -0.4 is 10.5 Å². The van der Waals surface area contributed by atoms with Gasteiger partial charge in [0.1, 0.15) is 0 Å². The highest BCUT2D eigenvalue weighted by Crippen LogP contribution is 2.26. The van der Waals surface area contributed by atoms with E-state index in [9.17, 15) is 16.8 Å². The number of nitrogens with one attached hydrogen (secondary N) is 1. The van der Waals surface area contributed by atoms with E-state index in [1.165, 1.54) is 24.3 Å². The Balaban J connectivity index is 2.20. The maximum atomic E-state index is 12.3. The number of sulfone groups is 1. The summed E-state index contributed by atoms with van der Waals surface area (Å²) in [7, 11) is -6.98. The summed E-state index contributed by atoms with van der Waals surface area (Å²) in [5.41, 5.74) is 5.65. The molecule has 1 saturated carbocycles. The highest BCUT2D eigenvalue weighted by atomic mass is 32.2. The van der Waals surface area contributed by atoms with Gasteiger partial charge in [0.05, 0.1) is 9.79 Å². The summed E-state index contributed by atoms with van der Waals surface area (Å²) in [6.45, 7) is 0.459. The molecule has 0 radical (unpaired) electrons. The average molecular weight is 332 g/mol. The first-order valence-electron chi connectivity index (χ1n) is 6.76. The van der Waals surface area contributed by atoms with Crippen LogP contribution in [0, 0.1) is 5.92 Å². The quantitative estimate of drug-likeness (QED) is 0.816. The smallest absolute Gasteiger partial charge is 0.240 e. The van der Waals surface area contributed by atoms with E-state index < -0.39 is 19.9 Å². The second-order valence-electron chi connectivity index (χ2n) is 5.40. The van der Waals surface area contributed by atoms with Crippen molar-refractivity contribution in [1.82, 2.24) is 4.72 Å². The zero-order valence-corrected chi connectivity index (χ0v) is 13.5. The fourth-order valence-corrected chi connectivity index (χ4v) is 4.58. The normalized spacial score (nSPS) is 23.3. The van der Waals surface area contributed by atoms with Crippen LogP contribution >= 0.6 is 0 Å². The molecule has 1 fully saturated rings. The Labute approximate surface area is 125 Å². The summed E-state index contributed by atoms with van der Waals surface area (Å²) in [6.07, 6.45) is 3.75. The molecule has 3 N–H and O–H groups in total. The predicted molar refractivity (Wildman–Crippen MR) is 80.1 cm³/mol. The highest BCUT2D eigenvalue weighted by Gasteiger charge is 2.30. The maximum absolute atomic E-state index is 12.3. The summed E-state index contributed by atoms with van der Waals surface area (Å²) in [5.74, 6) is 0.162. The van der Waals surface area contributed by atoms with E-state index in [-0.39, 0.29) is 21.8 Å². The van der Waals surface area contributed by atoms with Gasteiger partial charge < -0.3 is 5.73 Å². The predicted octanol–water partition coefficient (Wildman–Crippen LogP) is 0.496. The molecule has 8 heteroatoms. The van der Waals surface area contributed by atoms with Gasteiger partial charge in [0.25, 0.3) is 0 Å². The van der Waals surface area contributed by atoms with Gasteiger partial charge in [0.2, 0.25) is 10.0 Å². The lowest BCUT2D eigenvalue weighted by Gasteiger charge is -2.19. The van der Waals surface area contributed by atoms with E-state index in [1.54, 1.807) is 0 Å². The monoisotopic (exact) mass is 332 g/mol. The SMILES string of the molecule is CS(=O)(=O)c1ccc(S(=O)(=O)NC2CCCC2CN)cc1. The maximum Gasteiger partial charge on any atom is 0.240 e. The van der Waals surface area contributed by atoms with Crippen LogP contribution in [0.4, 0.5) is 0 Å². The van der Waals surface area contributed by atoms with Crippen molar-refractivity contribution in [2.24, 2.45) is 11.7 Å². The van der Waals surface area contributed by atoms with E-state index in [1.807, 2.05) is 0 Å². The Morgan fingerprint density at radius 1 is 1.10 bits per heavy atom. The molecular weight excluding hydrogens is 312 g/mol. The molecular formula is C13H20N2O4S2. The highest BCUT2D eigenvalue weighted by molar-refractivity contribution is 7.90. The second kappa shape index (κ2) is 6.04. The molecule has 0 saturated heterocycles. The Hall–Kier alpha value is -0.960. The summed E-state index contributed by atoms with van der Waals surface area (Å²) in [4.78, 5) is 0.166. The van der Waals surface area contributed by atoms with E-state index in [4.69, 9.17) is 5.73 Å². The Kier molecular flexibility index (Phi) is 4.72. The third-order valence-electron chi connectivity index (χ3n) is 3.83. The molecule has 2 atom stereocenters. The molecule has 0 aliphatic heterocycles. The average Bonchev–Trinajstić information content (AvgIpc) is 2.84.